The lowest BCUT2D eigenvalue weighted by Crippen LogP contribution is -2.40. The third kappa shape index (κ3) is 3.04. The fraction of sp³-hybridized carbons (Fsp3) is 0.692. The lowest BCUT2D eigenvalue weighted by Gasteiger charge is -2.23. The number of rotatable bonds is 5. The molecule has 110 valence electrons. The summed E-state index contributed by atoms with van der Waals surface area (Å²) in [6, 6.07) is 0.502. The lowest BCUT2D eigenvalue weighted by molar-refractivity contribution is 0.0206. The standard InChI is InChI=1S/C13H20N4O2S/c1-13(5-2-6-19-13)7-15-11(18)9-10(14)17-12(20-9)16-8-3-4-8/h8H,2-7,14H2,1H3,(H,15,18)(H,16,17). The van der Waals surface area contributed by atoms with Gasteiger partial charge in [-0.15, -0.1) is 0 Å². The minimum Gasteiger partial charge on any atom is -0.382 e. The van der Waals surface area contributed by atoms with E-state index in [9.17, 15) is 4.79 Å². The molecular formula is C13H20N4O2S. The maximum absolute atomic E-state index is 12.2. The van der Waals surface area contributed by atoms with Gasteiger partial charge in [0.15, 0.2) is 5.13 Å². The fourth-order valence-corrected chi connectivity index (χ4v) is 3.16. The Morgan fingerprint density at radius 3 is 3.05 bits per heavy atom. The molecule has 0 bridgehead atoms. The van der Waals surface area contributed by atoms with E-state index in [0.717, 1.165) is 37.4 Å². The molecule has 0 radical (unpaired) electrons. The highest BCUT2D eigenvalue weighted by molar-refractivity contribution is 7.18. The van der Waals surface area contributed by atoms with Crippen molar-refractivity contribution in [2.24, 2.45) is 0 Å². The van der Waals surface area contributed by atoms with Crippen molar-refractivity contribution in [2.45, 2.75) is 44.2 Å². The third-order valence-electron chi connectivity index (χ3n) is 3.69. The van der Waals surface area contributed by atoms with Crippen molar-refractivity contribution >= 4 is 28.2 Å². The van der Waals surface area contributed by atoms with Crippen LogP contribution in [0.3, 0.4) is 0 Å². The summed E-state index contributed by atoms with van der Waals surface area (Å²) in [5.74, 6) is 0.133. The third-order valence-corrected chi connectivity index (χ3v) is 4.69. The van der Waals surface area contributed by atoms with Crippen LogP contribution in [0.25, 0.3) is 0 Å². The van der Waals surface area contributed by atoms with Crippen molar-refractivity contribution in [1.29, 1.82) is 0 Å². The number of nitrogen functional groups attached to an aromatic ring is 1. The SMILES string of the molecule is CC1(CNC(=O)c2sc(NC3CC3)nc2N)CCCO1. The van der Waals surface area contributed by atoms with Gasteiger partial charge in [0.05, 0.1) is 5.60 Å². The Kier molecular flexibility index (Phi) is 3.55. The van der Waals surface area contributed by atoms with Crippen molar-refractivity contribution in [3.8, 4) is 0 Å². The summed E-state index contributed by atoms with van der Waals surface area (Å²) in [4.78, 5) is 16.9. The molecule has 1 aromatic heterocycles. The van der Waals surface area contributed by atoms with Gasteiger partial charge in [0.1, 0.15) is 10.7 Å². The molecule has 0 spiro atoms. The first-order valence-electron chi connectivity index (χ1n) is 7.01. The van der Waals surface area contributed by atoms with Gasteiger partial charge in [0, 0.05) is 19.2 Å². The summed E-state index contributed by atoms with van der Waals surface area (Å²) < 4.78 is 5.65. The minimum absolute atomic E-state index is 0.166. The Balaban J connectivity index is 1.59. The Bertz CT molecular complexity index is 506. The molecule has 2 fully saturated rings. The predicted molar refractivity (Wildman–Crippen MR) is 79.1 cm³/mol. The zero-order valence-corrected chi connectivity index (χ0v) is 12.4. The summed E-state index contributed by atoms with van der Waals surface area (Å²) in [5, 5.41) is 6.90. The van der Waals surface area contributed by atoms with Gasteiger partial charge in [-0.3, -0.25) is 4.79 Å². The number of carbonyl (C=O) groups excluding carboxylic acids is 1. The van der Waals surface area contributed by atoms with Crippen molar-refractivity contribution < 1.29 is 9.53 Å². The molecule has 6 nitrogen and oxygen atoms in total. The van der Waals surface area contributed by atoms with Gasteiger partial charge in [0.25, 0.3) is 5.91 Å². The lowest BCUT2D eigenvalue weighted by atomic mass is 10.0. The van der Waals surface area contributed by atoms with E-state index in [2.05, 4.69) is 15.6 Å². The Morgan fingerprint density at radius 2 is 2.40 bits per heavy atom. The van der Waals surface area contributed by atoms with E-state index in [0.29, 0.717) is 23.3 Å². The van der Waals surface area contributed by atoms with Crippen LogP contribution in [0.4, 0.5) is 10.9 Å². The zero-order valence-electron chi connectivity index (χ0n) is 11.6. The normalized spacial score (nSPS) is 25.6. The van der Waals surface area contributed by atoms with Gasteiger partial charge < -0.3 is 21.1 Å². The number of carbonyl (C=O) groups is 1. The Labute approximate surface area is 122 Å². The van der Waals surface area contributed by atoms with Gasteiger partial charge in [-0.25, -0.2) is 4.98 Å². The number of aromatic nitrogens is 1. The molecule has 1 unspecified atom stereocenters. The summed E-state index contributed by atoms with van der Waals surface area (Å²) in [7, 11) is 0. The fourth-order valence-electron chi connectivity index (χ4n) is 2.28. The van der Waals surface area contributed by atoms with Crippen molar-refractivity contribution in [3.05, 3.63) is 4.88 Å². The molecule has 2 aliphatic rings. The van der Waals surface area contributed by atoms with Crippen LogP contribution in [0.2, 0.25) is 0 Å². The molecule has 20 heavy (non-hydrogen) atoms. The molecular weight excluding hydrogens is 276 g/mol. The maximum atomic E-state index is 12.2. The summed E-state index contributed by atoms with van der Waals surface area (Å²) in [5.41, 5.74) is 5.58. The van der Waals surface area contributed by atoms with Crippen molar-refractivity contribution in [3.63, 3.8) is 0 Å². The Hall–Kier alpha value is -1.34. The van der Waals surface area contributed by atoms with Gasteiger partial charge in [0.2, 0.25) is 0 Å². The molecule has 1 saturated carbocycles. The first-order chi connectivity index (χ1) is 9.56. The van der Waals surface area contributed by atoms with E-state index in [1.54, 1.807) is 0 Å². The molecule has 1 aromatic rings. The number of nitrogens with zero attached hydrogens (tertiary/aromatic N) is 1. The highest BCUT2D eigenvalue weighted by atomic mass is 32.1. The average molecular weight is 296 g/mol. The largest absolute Gasteiger partial charge is 0.382 e. The van der Waals surface area contributed by atoms with Gasteiger partial charge in [-0.1, -0.05) is 11.3 Å². The predicted octanol–water partition coefficient (Wildman–Crippen LogP) is 1.60. The van der Waals surface area contributed by atoms with Crippen LogP contribution in [-0.2, 0) is 4.74 Å². The van der Waals surface area contributed by atoms with Gasteiger partial charge in [-0.05, 0) is 32.6 Å². The topological polar surface area (TPSA) is 89.3 Å². The zero-order chi connectivity index (χ0) is 14.2. The number of nitrogens with one attached hydrogen (secondary N) is 2. The summed E-state index contributed by atoms with van der Waals surface area (Å²) >= 11 is 1.32. The number of hydrogen-bond donors (Lipinski definition) is 3. The van der Waals surface area contributed by atoms with E-state index in [1.807, 2.05) is 6.92 Å². The first-order valence-corrected chi connectivity index (χ1v) is 7.82. The highest BCUT2D eigenvalue weighted by Crippen LogP contribution is 2.30. The van der Waals surface area contributed by atoms with Crippen LogP contribution in [0, 0.1) is 0 Å². The molecule has 1 atom stereocenters. The molecule has 3 rings (SSSR count). The number of nitrogens with two attached hydrogens (primary N) is 1. The minimum atomic E-state index is -0.246. The van der Waals surface area contributed by atoms with Crippen molar-refractivity contribution in [2.75, 3.05) is 24.2 Å². The number of amides is 1. The van der Waals surface area contributed by atoms with Crippen LogP contribution in [0.5, 0.6) is 0 Å². The smallest absolute Gasteiger partial charge is 0.265 e. The van der Waals surface area contributed by atoms with E-state index < -0.39 is 0 Å². The van der Waals surface area contributed by atoms with Gasteiger partial charge in [-0.2, -0.15) is 0 Å². The molecule has 1 amide bonds. The highest BCUT2D eigenvalue weighted by Gasteiger charge is 2.31. The quantitative estimate of drug-likeness (QED) is 0.768. The monoisotopic (exact) mass is 296 g/mol. The Morgan fingerprint density at radius 1 is 1.60 bits per heavy atom. The molecule has 1 aliphatic carbocycles. The summed E-state index contributed by atoms with van der Waals surface area (Å²) in [6.45, 7) is 3.30. The van der Waals surface area contributed by atoms with Crippen LogP contribution in [0.1, 0.15) is 42.3 Å². The van der Waals surface area contributed by atoms with E-state index in [1.165, 1.54) is 11.3 Å². The van der Waals surface area contributed by atoms with E-state index in [4.69, 9.17) is 10.5 Å². The molecule has 1 aliphatic heterocycles. The van der Waals surface area contributed by atoms with Gasteiger partial charge >= 0.3 is 0 Å². The second-order valence-corrected chi connectivity index (χ2v) is 6.74. The second kappa shape index (κ2) is 5.21. The van der Waals surface area contributed by atoms with E-state index in [-0.39, 0.29) is 11.5 Å². The van der Waals surface area contributed by atoms with Crippen LogP contribution in [0.15, 0.2) is 0 Å². The first kappa shape index (κ1) is 13.6. The van der Waals surface area contributed by atoms with Crippen LogP contribution < -0.4 is 16.4 Å². The summed E-state index contributed by atoms with van der Waals surface area (Å²) in [6.07, 6.45) is 4.35. The molecule has 2 heterocycles. The molecule has 0 aromatic carbocycles. The number of thiazole rings is 1. The number of anilines is 2. The van der Waals surface area contributed by atoms with Crippen molar-refractivity contribution in [1.82, 2.24) is 10.3 Å². The second-order valence-electron chi connectivity index (χ2n) is 5.74. The molecule has 4 N–H and O–H groups in total. The van der Waals surface area contributed by atoms with E-state index >= 15 is 0 Å². The molecule has 1 saturated heterocycles. The maximum Gasteiger partial charge on any atom is 0.265 e. The van der Waals surface area contributed by atoms with Crippen LogP contribution in [-0.4, -0.2) is 35.7 Å². The number of ether oxygens (including phenoxy) is 1. The van der Waals surface area contributed by atoms with Crippen LogP contribution >= 0.6 is 11.3 Å². The number of hydrogen-bond acceptors (Lipinski definition) is 6. The average Bonchev–Trinajstić information content (AvgIpc) is 2.99. The molecule has 7 heteroatoms.